The standard InChI is InChI=1S/C37H50N4O9S/c1-5-23-20-37(23,35(46)40-51(47,48)25-14-15-25)39-32(43)30-17-24-21-41(30)33(44)27(36(2,3)4)19-31(42)49-16-9-7-6-8-11-22-12-10-13-28-26(22)18-29(38-28)34(45)50-24/h10,12-13,18,23-25,27,30,38H,5-9,11,14-17,19-21H2,1-4H3,(H,39,43)(H,40,46)/t23-,24-,27-,30+,37-/m1/s1. The number of carbonyl (C=O) groups excluding carboxylic acids is 5. The monoisotopic (exact) mass is 726 g/mol. The zero-order valence-corrected chi connectivity index (χ0v) is 30.7. The van der Waals surface area contributed by atoms with Gasteiger partial charge in [0.05, 0.1) is 30.7 Å². The van der Waals surface area contributed by atoms with Gasteiger partial charge in [-0.15, -0.1) is 0 Å². The van der Waals surface area contributed by atoms with Gasteiger partial charge in [0.1, 0.15) is 23.4 Å². The molecule has 1 aromatic carbocycles. The molecule has 6 rings (SSSR count). The van der Waals surface area contributed by atoms with Gasteiger partial charge >= 0.3 is 11.9 Å². The fourth-order valence-electron chi connectivity index (χ4n) is 7.58. The van der Waals surface area contributed by atoms with Crippen LogP contribution in [0.1, 0.15) is 108 Å². The molecule has 0 unspecified atom stereocenters. The average molecular weight is 727 g/mol. The number of aromatic amines is 1. The van der Waals surface area contributed by atoms with Gasteiger partial charge in [-0.1, -0.05) is 59.1 Å². The zero-order chi connectivity index (χ0) is 36.7. The van der Waals surface area contributed by atoms with Gasteiger partial charge in [-0.3, -0.25) is 23.9 Å². The SMILES string of the molecule is CC[C@@H]1C[C@]1(NC(=O)[C@@H]1C[C@@H]2CN1C(=O)[C@H](C(C)(C)C)CC(=O)OCCCCCCc1cccc3[nH]c(cc13)C(=O)O2)C(=O)NS(=O)(=O)C1CC1. The Hall–Kier alpha value is -3.94. The van der Waals surface area contributed by atoms with Crippen molar-refractivity contribution in [3.05, 3.63) is 35.5 Å². The van der Waals surface area contributed by atoms with Gasteiger partial charge < -0.3 is 24.7 Å². The number of amides is 3. The highest BCUT2D eigenvalue weighted by molar-refractivity contribution is 7.91. The van der Waals surface area contributed by atoms with Crippen molar-refractivity contribution < 1.29 is 41.9 Å². The Morgan fingerprint density at radius 2 is 1.82 bits per heavy atom. The van der Waals surface area contributed by atoms with Crippen LogP contribution in [0.5, 0.6) is 0 Å². The van der Waals surface area contributed by atoms with Gasteiger partial charge in [-0.25, -0.2) is 13.2 Å². The van der Waals surface area contributed by atoms with Gasteiger partial charge in [0.15, 0.2) is 0 Å². The molecule has 3 heterocycles. The Labute approximate surface area is 299 Å². The quantitative estimate of drug-likeness (QED) is 0.372. The number of nitrogens with one attached hydrogen (secondary N) is 3. The molecule has 51 heavy (non-hydrogen) atoms. The maximum absolute atomic E-state index is 14.4. The van der Waals surface area contributed by atoms with E-state index in [4.69, 9.17) is 9.47 Å². The molecule has 4 bridgehead atoms. The number of rotatable bonds is 6. The first kappa shape index (κ1) is 36.8. The molecule has 2 aliphatic carbocycles. The molecule has 13 nitrogen and oxygen atoms in total. The number of aryl methyl sites for hydroxylation is 1. The minimum absolute atomic E-state index is 0.0506. The molecule has 0 spiro atoms. The summed E-state index contributed by atoms with van der Waals surface area (Å²) in [5, 5.41) is 3.12. The molecule has 2 saturated carbocycles. The molecule has 14 heteroatoms. The van der Waals surface area contributed by atoms with Gasteiger partial charge in [-0.05, 0) is 67.6 Å². The molecule has 278 valence electrons. The predicted octanol–water partition coefficient (Wildman–Crippen LogP) is 3.90. The summed E-state index contributed by atoms with van der Waals surface area (Å²) in [6.45, 7) is 7.50. The van der Waals surface area contributed by atoms with Crippen LogP contribution >= 0.6 is 0 Å². The smallest absolute Gasteiger partial charge is 0.355 e. The molecule has 2 aliphatic heterocycles. The molecule has 1 saturated heterocycles. The van der Waals surface area contributed by atoms with Crippen LogP contribution in [0, 0.1) is 17.3 Å². The second-order valence-electron chi connectivity index (χ2n) is 15.8. The average Bonchev–Trinajstić information content (AvgIpc) is 3.96. The van der Waals surface area contributed by atoms with Crippen molar-refractivity contribution in [1.82, 2.24) is 19.9 Å². The second kappa shape index (κ2) is 14.2. The first-order chi connectivity index (χ1) is 24.1. The zero-order valence-electron chi connectivity index (χ0n) is 29.9. The third-order valence-corrected chi connectivity index (χ3v) is 12.8. The lowest BCUT2D eigenvalue weighted by Gasteiger charge is -2.35. The number of fused-ring (bicyclic) bond motifs is 3. The molecule has 2 aromatic rings. The van der Waals surface area contributed by atoms with Crippen molar-refractivity contribution in [2.24, 2.45) is 17.3 Å². The number of cyclic esters (lactones) is 1. The summed E-state index contributed by atoms with van der Waals surface area (Å²) in [5.74, 6) is -4.21. The van der Waals surface area contributed by atoms with Crippen molar-refractivity contribution in [3.63, 3.8) is 0 Å². The van der Waals surface area contributed by atoms with E-state index in [-0.39, 0.29) is 44.0 Å². The van der Waals surface area contributed by atoms with E-state index in [9.17, 15) is 32.4 Å². The van der Waals surface area contributed by atoms with Crippen molar-refractivity contribution in [2.75, 3.05) is 13.2 Å². The van der Waals surface area contributed by atoms with Gasteiger partial charge in [0.25, 0.3) is 5.91 Å². The molecule has 3 amide bonds. The van der Waals surface area contributed by atoms with Crippen molar-refractivity contribution in [2.45, 2.75) is 121 Å². The molecule has 4 aliphatic rings. The maximum Gasteiger partial charge on any atom is 0.355 e. The van der Waals surface area contributed by atoms with Crippen LogP contribution in [0.4, 0.5) is 0 Å². The van der Waals surface area contributed by atoms with E-state index in [1.165, 1.54) is 4.90 Å². The number of hydrogen-bond acceptors (Lipinski definition) is 9. The lowest BCUT2D eigenvalue weighted by molar-refractivity contribution is -0.153. The fraction of sp³-hybridized carbons (Fsp3) is 0.649. The minimum Gasteiger partial charge on any atom is -0.466 e. The van der Waals surface area contributed by atoms with E-state index in [1.807, 2.05) is 45.9 Å². The third-order valence-electron chi connectivity index (χ3n) is 11.0. The molecule has 3 fully saturated rings. The maximum atomic E-state index is 14.4. The first-order valence-corrected chi connectivity index (χ1v) is 19.8. The minimum atomic E-state index is -3.87. The Morgan fingerprint density at radius 3 is 2.51 bits per heavy atom. The van der Waals surface area contributed by atoms with Crippen LogP contribution in [0.15, 0.2) is 24.3 Å². The van der Waals surface area contributed by atoms with Crippen LogP contribution in [-0.4, -0.2) is 84.0 Å². The number of H-pyrrole nitrogens is 1. The van der Waals surface area contributed by atoms with Crippen LogP contribution in [0.2, 0.25) is 0 Å². The normalized spacial score (nSPS) is 28.2. The number of nitrogens with zero attached hydrogens (tertiary/aromatic N) is 1. The van der Waals surface area contributed by atoms with E-state index in [2.05, 4.69) is 15.0 Å². The molecule has 1 aromatic heterocycles. The van der Waals surface area contributed by atoms with Crippen molar-refractivity contribution >= 4 is 50.6 Å². The number of esters is 2. The molecule has 0 radical (unpaired) electrons. The largest absolute Gasteiger partial charge is 0.466 e. The summed E-state index contributed by atoms with van der Waals surface area (Å²) in [7, 11) is -3.87. The molecular weight excluding hydrogens is 676 g/mol. The van der Waals surface area contributed by atoms with Crippen LogP contribution in [0.25, 0.3) is 10.9 Å². The number of aromatic nitrogens is 1. The van der Waals surface area contributed by atoms with Gasteiger partial charge in [-0.2, -0.15) is 0 Å². The van der Waals surface area contributed by atoms with Crippen LogP contribution < -0.4 is 10.0 Å². The van der Waals surface area contributed by atoms with E-state index >= 15 is 0 Å². The topological polar surface area (TPSA) is 181 Å². The van der Waals surface area contributed by atoms with Gasteiger partial charge in [0.2, 0.25) is 21.8 Å². The van der Waals surface area contributed by atoms with Crippen LogP contribution in [0.3, 0.4) is 0 Å². The summed E-state index contributed by atoms with van der Waals surface area (Å²) in [5.41, 5.74) is 0.000254. The number of carbonyl (C=O) groups is 5. The van der Waals surface area contributed by atoms with E-state index in [0.29, 0.717) is 25.7 Å². The molecular formula is C37H50N4O9S. The van der Waals surface area contributed by atoms with Crippen molar-refractivity contribution in [3.8, 4) is 0 Å². The highest BCUT2D eigenvalue weighted by Gasteiger charge is 2.62. The predicted molar refractivity (Wildman–Crippen MR) is 188 cm³/mol. The fourth-order valence-corrected chi connectivity index (χ4v) is 8.94. The molecule has 3 N–H and O–H groups in total. The summed E-state index contributed by atoms with van der Waals surface area (Å²) in [6, 6.07) is 6.49. The number of hydrogen-bond donors (Lipinski definition) is 3. The Morgan fingerprint density at radius 1 is 1.08 bits per heavy atom. The van der Waals surface area contributed by atoms with E-state index in [1.54, 1.807) is 6.07 Å². The second-order valence-corrected chi connectivity index (χ2v) is 17.7. The lowest BCUT2D eigenvalue weighted by Crippen LogP contribution is -2.57. The summed E-state index contributed by atoms with van der Waals surface area (Å²) < 4.78 is 39.0. The Balaban J connectivity index is 1.29. The number of sulfonamides is 1. The third kappa shape index (κ3) is 7.95. The van der Waals surface area contributed by atoms with Crippen molar-refractivity contribution in [1.29, 1.82) is 0 Å². The highest BCUT2D eigenvalue weighted by Crippen LogP contribution is 2.47. The first-order valence-electron chi connectivity index (χ1n) is 18.3. The number of benzene rings is 1. The molecule has 5 atom stereocenters. The Bertz CT molecular complexity index is 1810. The Kier molecular flexibility index (Phi) is 10.3. The van der Waals surface area contributed by atoms with Gasteiger partial charge in [0, 0.05) is 17.3 Å². The van der Waals surface area contributed by atoms with Crippen LogP contribution in [-0.2, 0) is 45.1 Å². The highest BCUT2D eigenvalue weighted by atomic mass is 32.2. The number of ether oxygens (including phenoxy) is 2. The summed E-state index contributed by atoms with van der Waals surface area (Å²) in [4.78, 5) is 73.2. The van der Waals surface area contributed by atoms with E-state index in [0.717, 1.165) is 42.1 Å². The van der Waals surface area contributed by atoms with E-state index < -0.39 is 74.0 Å². The lowest BCUT2D eigenvalue weighted by atomic mass is 9.77. The summed E-state index contributed by atoms with van der Waals surface area (Å²) in [6.07, 6.45) is 4.84. The summed E-state index contributed by atoms with van der Waals surface area (Å²) >= 11 is 0.